The molecule has 0 saturated carbocycles. The summed E-state index contributed by atoms with van der Waals surface area (Å²) >= 11 is 0. The van der Waals surface area contributed by atoms with Crippen LogP contribution >= 0.6 is 0 Å². The summed E-state index contributed by atoms with van der Waals surface area (Å²) in [6.07, 6.45) is 0. The molecule has 0 saturated heterocycles. The van der Waals surface area contributed by atoms with Crippen LogP contribution in [0, 0.1) is 6.92 Å². The number of amides is 2. The largest absolute Gasteiger partial charge is 0.454 e. The molecular formula is C22H26N2O4. The van der Waals surface area contributed by atoms with Crippen LogP contribution in [0.2, 0.25) is 0 Å². The van der Waals surface area contributed by atoms with E-state index in [1.165, 1.54) is 6.92 Å². The Morgan fingerprint density at radius 3 is 2.29 bits per heavy atom. The predicted octanol–water partition coefficient (Wildman–Crippen LogP) is 3.42. The van der Waals surface area contributed by atoms with Gasteiger partial charge in [0, 0.05) is 11.3 Å². The van der Waals surface area contributed by atoms with Crippen molar-refractivity contribution in [3.8, 4) is 0 Å². The molecule has 0 bridgehead atoms. The van der Waals surface area contributed by atoms with Crippen molar-refractivity contribution >= 4 is 23.5 Å². The maximum atomic E-state index is 12.2. The minimum atomic E-state index is -0.870. The Bertz CT molecular complexity index is 847. The SMILES string of the molecule is Cc1cccc(C(C)C)c1NC(=O)COC(=O)C(C)NC(=O)c1ccccc1. The molecule has 148 valence electrons. The fourth-order valence-electron chi connectivity index (χ4n) is 2.71. The van der Waals surface area contributed by atoms with Crippen molar-refractivity contribution < 1.29 is 19.1 Å². The summed E-state index contributed by atoms with van der Waals surface area (Å²) in [6.45, 7) is 7.09. The Balaban J connectivity index is 1.89. The quantitative estimate of drug-likeness (QED) is 0.719. The maximum absolute atomic E-state index is 12.2. The number of carbonyl (C=O) groups excluding carboxylic acids is 3. The molecular weight excluding hydrogens is 356 g/mol. The summed E-state index contributed by atoms with van der Waals surface area (Å²) in [5.74, 6) is -1.23. The van der Waals surface area contributed by atoms with Gasteiger partial charge in [-0.2, -0.15) is 0 Å². The van der Waals surface area contributed by atoms with E-state index in [2.05, 4.69) is 10.6 Å². The van der Waals surface area contributed by atoms with Crippen molar-refractivity contribution in [1.29, 1.82) is 0 Å². The van der Waals surface area contributed by atoms with Gasteiger partial charge in [0.25, 0.3) is 11.8 Å². The van der Waals surface area contributed by atoms with Crippen LogP contribution in [0.25, 0.3) is 0 Å². The van der Waals surface area contributed by atoms with Crippen LogP contribution in [0.15, 0.2) is 48.5 Å². The summed E-state index contributed by atoms with van der Waals surface area (Å²) in [5.41, 5.74) is 3.14. The summed E-state index contributed by atoms with van der Waals surface area (Å²) in [6, 6.07) is 13.5. The highest BCUT2D eigenvalue weighted by Gasteiger charge is 2.19. The number of nitrogens with one attached hydrogen (secondary N) is 2. The van der Waals surface area contributed by atoms with E-state index in [0.29, 0.717) is 5.56 Å². The lowest BCUT2D eigenvalue weighted by Crippen LogP contribution is -2.40. The van der Waals surface area contributed by atoms with E-state index in [-0.39, 0.29) is 11.8 Å². The molecule has 0 radical (unpaired) electrons. The third kappa shape index (κ3) is 5.67. The molecule has 6 heteroatoms. The number of esters is 1. The molecule has 2 rings (SSSR count). The third-order valence-corrected chi connectivity index (χ3v) is 4.27. The molecule has 0 heterocycles. The standard InChI is InChI=1S/C22H26N2O4/c1-14(2)18-12-8-9-15(3)20(18)24-19(25)13-28-22(27)16(4)23-21(26)17-10-6-5-7-11-17/h5-12,14,16H,13H2,1-4H3,(H,23,26)(H,24,25). The number of rotatable bonds is 7. The highest BCUT2D eigenvalue weighted by atomic mass is 16.5. The second-order valence-electron chi connectivity index (χ2n) is 6.91. The van der Waals surface area contributed by atoms with Gasteiger partial charge in [0.05, 0.1) is 0 Å². The number of anilines is 1. The summed E-state index contributed by atoms with van der Waals surface area (Å²) in [5, 5.41) is 5.37. The number of hydrogen-bond acceptors (Lipinski definition) is 4. The Hall–Kier alpha value is -3.15. The van der Waals surface area contributed by atoms with Crippen molar-refractivity contribution in [1.82, 2.24) is 5.32 Å². The minimum absolute atomic E-state index is 0.242. The van der Waals surface area contributed by atoms with Gasteiger partial charge < -0.3 is 15.4 Å². The first-order valence-corrected chi connectivity index (χ1v) is 9.21. The number of carbonyl (C=O) groups is 3. The molecule has 6 nitrogen and oxygen atoms in total. The van der Waals surface area contributed by atoms with Gasteiger partial charge in [0.15, 0.2) is 6.61 Å². The number of benzene rings is 2. The smallest absolute Gasteiger partial charge is 0.328 e. The van der Waals surface area contributed by atoms with Crippen LogP contribution < -0.4 is 10.6 Å². The zero-order chi connectivity index (χ0) is 20.7. The summed E-state index contributed by atoms with van der Waals surface area (Å²) in [4.78, 5) is 36.4. The van der Waals surface area contributed by atoms with Crippen LogP contribution in [-0.4, -0.2) is 30.4 Å². The van der Waals surface area contributed by atoms with E-state index in [9.17, 15) is 14.4 Å². The molecule has 0 aliphatic rings. The maximum Gasteiger partial charge on any atom is 0.328 e. The molecule has 0 spiro atoms. The topological polar surface area (TPSA) is 84.5 Å². The van der Waals surface area contributed by atoms with Gasteiger partial charge in [0.1, 0.15) is 6.04 Å². The Kier molecular flexibility index (Phi) is 7.32. The fraction of sp³-hybridized carbons (Fsp3) is 0.318. The molecule has 1 unspecified atom stereocenters. The lowest BCUT2D eigenvalue weighted by Gasteiger charge is -2.17. The first kappa shape index (κ1) is 21.2. The van der Waals surface area contributed by atoms with Crippen LogP contribution in [-0.2, 0) is 14.3 Å². The molecule has 28 heavy (non-hydrogen) atoms. The lowest BCUT2D eigenvalue weighted by atomic mass is 9.98. The number of aryl methyl sites for hydroxylation is 1. The molecule has 2 amide bonds. The van der Waals surface area contributed by atoms with Gasteiger partial charge in [-0.05, 0) is 43.0 Å². The van der Waals surface area contributed by atoms with Gasteiger partial charge in [0.2, 0.25) is 0 Å². The van der Waals surface area contributed by atoms with E-state index in [1.54, 1.807) is 30.3 Å². The molecule has 0 fully saturated rings. The van der Waals surface area contributed by atoms with E-state index < -0.39 is 24.5 Å². The van der Waals surface area contributed by atoms with Crippen LogP contribution in [0.1, 0.15) is 48.2 Å². The highest BCUT2D eigenvalue weighted by molar-refractivity contribution is 5.97. The van der Waals surface area contributed by atoms with Gasteiger partial charge in [-0.1, -0.05) is 50.2 Å². The number of hydrogen-bond donors (Lipinski definition) is 2. The molecule has 1 atom stereocenters. The summed E-state index contributed by atoms with van der Waals surface area (Å²) < 4.78 is 5.05. The zero-order valence-corrected chi connectivity index (χ0v) is 16.6. The number of para-hydroxylation sites is 1. The molecule has 0 aromatic heterocycles. The van der Waals surface area contributed by atoms with Gasteiger partial charge in [-0.25, -0.2) is 4.79 Å². The van der Waals surface area contributed by atoms with Crippen LogP contribution in [0.4, 0.5) is 5.69 Å². The minimum Gasteiger partial charge on any atom is -0.454 e. The van der Waals surface area contributed by atoms with Crippen molar-refractivity contribution in [2.75, 3.05) is 11.9 Å². The molecule has 2 aromatic carbocycles. The fourth-order valence-corrected chi connectivity index (χ4v) is 2.71. The third-order valence-electron chi connectivity index (χ3n) is 4.27. The average molecular weight is 382 g/mol. The van der Waals surface area contributed by atoms with Gasteiger partial charge in [-0.15, -0.1) is 0 Å². The second kappa shape index (κ2) is 9.69. The van der Waals surface area contributed by atoms with Gasteiger partial charge in [-0.3, -0.25) is 9.59 Å². The monoisotopic (exact) mass is 382 g/mol. The highest BCUT2D eigenvalue weighted by Crippen LogP contribution is 2.27. The molecule has 2 N–H and O–H groups in total. The van der Waals surface area contributed by atoms with E-state index >= 15 is 0 Å². The molecule has 2 aromatic rings. The molecule has 0 aliphatic heterocycles. The summed E-state index contributed by atoms with van der Waals surface area (Å²) in [7, 11) is 0. The van der Waals surface area contributed by atoms with E-state index in [0.717, 1.165) is 16.8 Å². The lowest BCUT2D eigenvalue weighted by molar-refractivity contribution is -0.148. The average Bonchev–Trinajstić information content (AvgIpc) is 2.68. The van der Waals surface area contributed by atoms with Crippen molar-refractivity contribution in [3.63, 3.8) is 0 Å². The predicted molar refractivity (Wildman–Crippen MR) is 108 cm³/mol. The Morgan fingerprint density at radius 1 is 0.964 bits per heavy atom. The number of ether oxygens (including phenoxy) is 1. The van der Waals surface area contributed by atoms with Gasteiger partial charge >= 0.3 is 5.97 Å². The zero-order valence-electron chi connectivity index (χ0n) is 16.6. The second-order valence-corrected chi connectivity index (χ2v) is 6.91. The molecule has 0 aliphatic carbocycles. The van der Waals surface area contributed by atoms with E-state index in [1.807, 2.05) is 39.0 Å². The van der Waals surface area contributed by atoms with Crippen molar-refractivity contribution in [2.45, 2.75) is 39.7 Å². The van der Waals surface area contributed by atoms with Crippen LogP contribution in [0.5, 0.6) is 0 Å². The van der Waals surface area contributed by atoms with Crippen molar-refractivity contribution in [2.24, 2.45) is 0 Å². The normalized spacial score (nSPS) is 11.6. The van der Waals surface area contributed by atoms with E-state index in [4.69, 9.17) is 4.74 Å². The Morgan fingerprint density at radius 2 is 1.64 bits per heavy atom. The first-order chi connectivity index (χ1) is 13.3. The first-order valence-electron chi connectivity index (χ1n) is 9.21. The van der Waals surface area contributed by atoms with Crippen LogP contribution in [0.3, 0.4) is 0 Å². The van der Waals surface area contributed by atoms with Crippen molar-refractivity contribution in [3.05, 3.63) is 65.2 Å². The Labute approximate surface area is 165 Å².